The van der Waals surface area contributed by atoms with Gasteiger partial charge in [-0.3, -0.25) is 19.3 Å². The summed E-state index contributed by atoms with van der Waals surface area (Å²) in [7, 11) is 0. The molecular weight excluding hydrogens is 542 g/mol. The topological polar surface area (TPSA) is 101 Å². The van der Waals surface area contributed by atoms with Crippen molar-refractivity contribution in [2.24, 2.45) is 5.92 Å². The fraction of sp³-hybridized carbons (Fsp3) is 0.343. The van der Waals surface area contributed by atoms with Crippen molar-refractivity contribution in [3.8, 4) is 0 Å². The normalized spacial score (nSPS) is 22.3. The van der Waals surface area contributed by atoms with Crippen molar-refractivity contribution in [1.82, 2.24) is 4.90 Å². The number of para-hydroxylation sites is 1. The van der Waals surface area contributed by atoms with Crippen molar-refractivity contribution >= 4 is 34.8 Å². The Hall–Kier alpha value is -4.27. The number of amides is 3. The molecule has 3 aromatic rings. The van der Waals surface area contributed by atoms with Gasteiger partial charge in [0.1, 0.15) is 0 Å². The minimum Gasteiger partial charge on any atom is -0.394 e. The first-order chi connectivity index (χ1) is 20.8. The van der Waals surface area contributed by atoms with Crippen LogP contribution in [0.25, 0.3) is 0 Å². The molecule has 0 aliphatic carbocycles. The minimum absolute atomic E-state index is 0.0396. The van der Waals surface area contributed by atoms with Crippen molar-refractivity contribution in [1.29, 1.82) is 0 Å². The highest BCUT2D eigenvalue weighted by molar-refractivity contribution is 6.09. The van der Waals surface area contributed by atoms with Gasteiger partial charge < -0.3 is 20.0 Å². The summed E-state index contributed by atoms with van der Waals surface area (Å²) in [5, 5.41) is 21.9. The lowest BCUT2D eigenvalue weighted by atomic mass is 9.82. The number of hydrogen-bond donors (Lipinski definition) is 2. The van der Waals surface area contributed by atoms with Gasteiger partial charge in [-0.25, -0.2) is 0 Å². The van der Waals surface area contributed by atoms with Gasteiger partial charge in [0.05, 0.1) is 30.6 Å². The van der Waals surface area contributed by atoms with Gasteiger partial charge in [-0.15, -0.1) is 0 Å². The van der Waals surface area contributed by atoms with Gasteiger partial charge in [-0.2, -0.15) is 0 Å². The lowest BCUT2D eigenvalue weighted by Gasteiger charge is -2.31. The van der Waals surface area contributed by atoms with Crippen LogP contribution in [-0.4, -0.2) is 52.0 Å². The number of fused-ring (bicyclic) bond motifs is 2. The molecule has 0 unspecified atom stereocenters. The summed E-state index contributed by atoms with van der Waals surface area (Å²) < 4.78 is 0. The number of likely N-dealkylation sites (tertiary alicyclic amines) is 1. The van der Waals surface area contributed by atoms with E-state index >= 15 is 0 Å². The molecule has 6 rings (SSSR count). The Labute approximate surface area is 251 Å². The molecule has 2 N–H and O–H groups in total. The van der Waals surface area contributed by atoms with Gasteiger partial charge in [0, 0.05) is 36.6 Å². The van der Waals surface area contributed by atoms with Crippen LogP contribution in [0.5, 0.6) is 0 Å². The Balaban J connectivity index is 1.35. The molecular formula is C35H37N3O5. The first-order valence-corrected chi connectivity index (χ1v) is 15.0. The molecule has 0 radical (unpaired) electrons. The second kappa shape index (κ2) is 11.8. The Bertz CT molecular complexity index is 1570. The average Bonchev–Trinajstić information content (AvgIpc) is 3.59. The number of nitrogens with zero attached hydrogens (tertiary/aromatic N) is 3. The Morgan fingerprint density at radius 3 is 2.58 bits per heavy atom. The average molecular weight is 580 g/mol. The molecule has 1 saturated heterocycles. The molecule has 0 bridgehead atoms. The third kappa shape index (κ3) is 5.15. The van der Waals surface area contributed by atoms with Crippen LogP contribution in [0, 0.1) is 5.92 Å². The molecule has 222 valence electrons. The second-order valence-electron chi connectivity index (χ2n) is 11.7. The zero-order valence-corrected chi connectivity index (χ0v) is 24.4. The van der Waals surface area contributed by atoms with Gasteiger partial charge in [0.25, 0.3) is 5.91 Å². The number of carbonyl (C=O) groups is 3. The van der Waals surface area contributed by atoms with Crippen LogP contribution in [0.2, 0.25) is 0 Å². The zero-order valence-electron chi connectivity index (χ0n) is 24.4. The van der Waals surface area contributed by atoms with Crippen LogP contribution >= 0.6 is 0 Å². The smallest absolute Gasteiger partial charge is 0.264 e. The Morgan fingerprint density at radius 2 is 1.79 bits per heavy atom. The predicted molar refractivity (Wildman–Crippen MR) is 165 cm³/mol. The molecule has 0 saturated carbocycles. The van der Waals surface area contributed by atoms with Crippen LogP contribution in [0.1, 0.15) is 49.3 Å². The second-order valence-corrected chi connectivity index (χ2v) is 11.7. The fourth-order valence-corrected chi connectivity index (χ4v) is 6.69. The molecule has 3 atom stereocenters. The molecule has 3 aliphatic heterocycles. The first-order valence-electron chi connectivity index (χ1n) is 15.0. The quantitative estimate of drug-likeness (QED) is 0.380. The van der Waals surface area contributed by atoms with E-state index in [-0.39, 0.29) is 37.4 Å². The minimum atomic E-state index is -1.90. The largest absolute Gasteiger partial charge is 0.394 e. The summed E-state index contributed by atoms with van der Waals surface area (Å²) in [6.07, 6.45) is 6.25. The van der Waals surface area contributed by atoms with E-state index in [1.54, 1.807) is 39.8 Å². The van der Waals surface area contributed by atoms with Crippen LogP contribution in [-0.2, 0) is 33.0 Å². The molecule has 8 nitrogen and oxygen atoms in total. The van der Waals surface area contributed by atoms with E-state index in [2.05, 4.69) is 0 Å². The van der Waals surface area contributed by atoms with E-state index in [1.165, 1.54) is 0 Å². The summed E-state index contributed by atoms with van der Waals surface area (Å²) >= 11 is 0. The number of aliphatic hydroxyl groups excluding tert-OH is 1. The maximum Gasteiger partial charge on any atom is 0.264 e. The highest BCUT2D eigenvalue weighted by Gasteiger charge is 2.53. The molecule has 43 heavy (non-hydrogen) atoms. The third-order valence-electron chi connectivity index (χ3n) is 9.07. The van der Waals surface area contributed by atoms with Crippen LogP contribution in [0.3, 0.4) is 0 Å². The summed E-state index contributed by atoms with van der Waals surface area (Å²) in [5.74, 6) is -1.24. The van der Waals surface area contributed by atoms with Crippen molar-refractivity contribution in [2.45, 2.75) is 57.2 Å². The summed E-state index contributed by atoms with van der Waals surface area (Å²) in [5.41, 5.74) is 2.53. The van der Waals surface area contributed by atoms with Gasteiger partial charge in [-0.1, -0.05) is 67.6 Å². The molecule has 8 heteroatoms. The lowest BCUT2D eigenvalue weighted by molar-refractivity contribution is -0.139. The van der Waals surface area contributed by atoms with Gasteiger partial charge in [-0.05, 0) is 54.7 Å². The van der Waals surface area contributed by atoms with E-state index < -0.39 is 17.4 Å². The van der Waals surface area contributed by atoms with E-state index in [4.69, 9.17) is 0 Å². The van der Waals surface area contributed by atoms with Gasteiger partial charge in [0.2, 0.25) is 11.8 Å². The van der Waals surface area contributed by atoms with E-state index in [9.17, 15) is 24.6 Å². The monoisotopic (exact) mass is 579 g/mol. The van der Waals surface area contributed by atoms with Gasteiger partial charge >= 0.3 is 0 Å². The number of aliphatic hydroxyl groups is 2. The molecule has 1 fully saturated rings. The van der Waals surface area contributed by atoms with E-state index in [0.717, 1.165) is 29.7 Å². The maximum atomic E-state index is 14.1. The van der Waals surface area contributed by atoms with Crippen molar-refractivity contribution in [3.63, 3.8) is 0 Å². The molecule has 3 aliphatic rings. The highest BCUT2D eigenvalue weighted by atomic mass is 16.3. The first kappa shape index (κ1) is 28.8. The number of aryl methyl sites for hydroxylation is 1. The molecule has 0 spiro atoms. The zero-order chi connectivity index (χ0) is 30.1. The van der Waals surface area contributed by atoms with E-state index in [1.807, 2.05) is 66.7 Å². The van der Waals surface area contributed by atoms with Gasteiger partial charge in [0.15, 0.2) is 5.60 Å². The molecule has 0 aromatic heterocycles. The molecule has 3 amide bonds. The predicted octanol–water partition coefficient (Wildman–Crippen LogP) is 4.60. The SMILES string of the molecule is C[C@H](/C=C/CC(=O)N1CCC[C@H]1CO)[C@@]1(O)C(=O)N(Cc2ccccc2)c2ccc(N3C(=O)CCc4ccccc43)cc21. The highest BCUT2D eigenvalue weighted by Crippen LogP contribution is 2.48. The van der Waals surface area contributed by atoms with E-state index in [0.29, 0.717) is 36.3 Å². The third-order valence-corrected chi connectivity index (χ3v) is 9.07. The number of benzene rings is 3. The summed E-state index contributed by atoms with van der Waals surface area (Å²) in [6.45, 7) is 2.63. The molecule has 3 heterocycles. The number of anilines is 3. The van der Waals surface area contributed by atoms with Crippen LogP contribution in [0.4, 0.5) is 17.1 Å². The maximum absolute atomic E-state index is 14.1. The standard InChI is InChI=1S/C35H37N3O5/c1-24(9-7-15-32(40)36-20-8-13-28(36)23-39)35(43)29-21-27(38-30-14-6-5-12-26(30)16-19-33(38)41)17-18-31(29)37(34(35)42)22-25-10-3-2-4-11-25/h2-7,9-12,14,17-18,21,24,28,39,43H,8,13,15-16,19-20,22-23H2,1H3/b9-7+/t24-,28+,35+/m1/s1. The fourth-order valence-electron chi connectivity index (χ4n) is 6.69. The number of carbonyl (C=O) groups excluding carboxylic acids is 3. The Morgan fingerprint density at radius 1 is 1.02 bits per heavy atom. The lowest BCUT2D eigenvalue weighted by Crippen LogP contribution is -2.44. The number of rotatable bonds is 8. The Kier molecular flexibility index (Phi) is 7.90. The molecule has 3 aromatic carbocycles. The summed E-state index contributed by atoms with van der Waals surface area (Å²) in [4.78, 5) is 45.2. The number of hydrogen-bond acceptors (Lipinski definition) is 5. The van der Waals surface area contributed by atoms with Crippen molar-refractivity contribution in [2.75, 3.05) is 23.0 Å². The van der Waals surface area contributed by atoms with Crippen molar-refractivity contribution in [3.05, 3.63) is 102 Å². The summed E-state index contributed by atoms with van der Waals surface area (Å²) in [6, 6.07) is 22.7. The van der Waals surface area contributed by atoms with Crippen LogP contribution < -0.4 is 9.80 Å². The van der Waals surface area contributed by atoms with Crippen molar-refractivity contribution < 1.29 is 24.6 Å². The van der Waals surface area contributed by atoms with Crippen LogP contribution in [0.15, 0.2) is 84.9 Å².